The summed E-state index contributed by atoms with van der Waals surface area (Å²) in [6.45, 7) is 4.15. The summed E-state index contributed by atoms with van der Waals surface area (Å²) in [5.41, 5.74) is 2.89. The fourth-order valence-corrected chi connectivity index (χ4v) is 3.34. The van der Waals surface area contributed by atoms with Gasteiger partial charge >= 0.3 is 0 Å². The van der Waals surface area contributed by atoms with E-state index in [1.807, 2.05) is 36.0 Å². The quantitative estimate of drug-likeness (QED) is 0.719. The van der Waals surface area contributed by atoms with E-state index in [0.29, 0.717) is 5.02 Å². The Bertz CT molecular complexity index is 851. The highest BCUT2D eigenvalue weighted by Crippen LogP contribution is 2.28. The van der Waals surface area contributed by atoms with Crippen molar-refractivity contribution in [2.45, 2.75) is 26.2 Å². The van der Waals surface area contributed by atoms with Crippen molar-refractivity contribution < 1.29 is 0 Å². The highest BCUT2D eigenvalue weighted by atomic mass is 35.5. The van der Waals surface area contributed by atoms with Crippen LogP contribution in [0.15, 0.2) is 30.7 Å². The molecule has 118 valence electrons. The molecule has 2 aromatic heterocycles. The first-order chi connectivity index (χ1) is 11.2. The summed E-state index contributed by atoms with van der Waals surface area (Å²) in [5, 5.41) is 6.24. The SMILES string of the molecule is Cc1ccc(Cl)cc1-n1ncc2c(N3CCCCC3)ncnc21. The van der Waals surface area contributed by atoms with Crippen LogP contribution in [0.1, 0.15) is 24.8 Å². The first-order valence-corrected chi connectivity index (χ1v) is 8.32. The molecule has 0 spiro atoms. The van der Waals surface area contributed by atoms with Crippen molar-refractivity contribution in [3.8, 4) is 5.69 Å². The molecular formula is C17H18ClN5. The fourth-order valence-electron chi connectivity index (χ4n) is 3.18. The molecule has 0 N–H and O–H groups in total. The van der Waals surface area contributed by atoms with Crippen LogP contribution in [0.3, 0.4) is 0 Å². The van der Waals surface area contributed by atoms with Gasteiger partial charge in [0, 0.05) is 18.1 Å². The number of benzene rings is 1. The third-order valence-corrected chi connectivity index (χ3v) is 4.63. The van der Waals surface area contributed by atoms with Gasteiger partial charge in [-0.3, -0.25) is 0 Å². The Morgan fingerprint density at radius 3 is 2.74 bits per heavy atom. The van der Waals surface area contributed by atoms with E-state index in [0.717, 1.165) is 41.2 Å². The topological polar surface area (TPSA) is 46.8 Å². The van der Waals surface area contributed by atoms with Crippen LogP contribution in [0.4, 0.5) is 5.82 Å². The second-order valence-electron chi connectivity index (χ2n) is 5.97. The van der Waals surface area contributed by atoms with Crippen molar-refractivity contribution in [1.82, 2.24) is 19.7 Å². The van der Waals surface area contributed by atoms with Crippen molar-refractivity contribution in [3.63, 3.8) is 0 Å². The summed E-state index contributed by atoms with van der Waals surface area (Å²) in [6.07, 6.45) is 7.22. The molecule has 0 aliphatic carbocycles. The third kappa shape index (κ3) is 2.55. The minimum Gasteiger partial charge on any atom is -0.356 e. The van der Waals surface area contributed by atoms with E-state index in [9.17, 15) is 0 Å². The number of aryl methyl sites for hydroxylation is 1. The summed E-state index contributed by atoms with van der Waals surface area (Å²) < 4.78 is 1.85. The number of rotatable bonds is 2. The number of halogens is 1. The van der Waals surface area contributed by atoms with E-state index in [1.165, 1.54) is 19.3 Å². The van der Waals surface area contributed by atoms with Crippen molar-refractivity contribution in [2.75, 3.05) is 18.0 Å². The molecular weight excluding hydrogens is 310 g/mol. The standard InChI is InChI=1S/C17H18ClN5/c1-12-5-6-13(18)9-15(12)23-17-14(10-21-23)16(19-11-20-17)22-7-3-2-4-8-22/h5-6,9-11H,2-4,7-8H2,1H3. The average Bonchev–Trinajstić information content (AvgIpc) is 3.02. The highest BCUT2D eigenvalue weighted by Gasteiger charge is 2.18. The lowest BCUT2D eigenvalue weighted by atomic mass is 10.1. The van der Waals surface area contributed by atoms with Crippen LogP contribution < -0.4 is 4.90 Å². The number of nitrogens with zero attached hydrogens (tertiary/aromatic N) is 5. The molecule has 1 saturated heterocycles. The molecule has 0 atom stereocenters. The van der Waals surface area contributed by atoms with Gasteiger partial charge in [0.15, 0.2) is 5.65 Å². The van der Waals surface area contributed by atoms with Gasteiger partial charge in [-0.05, 0) is 43.9 Å². The monoisotopic (exact) mass is 327 g/mol. The number of hydrogen-bond donors (Lipinski definition) is 0. The molecule has 1 fully saturated rings. The van der Waals surface area contributed by atoms with Crippen LogP contribution in [0, 0.1) is 6.92 Å². The Balaban J connectivity index is 1.85. The highest BCUT2D eigenvalue weighted by molar-refractivity contribution is 6.30. The van der Waals surface area contributed by atoms with Crippen molar-refractivity contribution in [3.05, 3.63) is 41.3 Å². The van der Waals surface area contributed by atoms with Gasteiger partial charge in [0.25, 0.3) is 0 Å². The molecule has 1 aliphatic heterocycles. The number of aromatic nitrogens is 4. The van der Waals surface area contributed by atoms with E-state index in [1.54, 1.807) is 6.33 Å². The zero-order valence-corrected chi connectivity index (χ0v) is 13.8. The van der Waals surface area contributed by atoms with Gasteiger partial charge in [0.1, 0.15) is 12.1 Å². The largest absolute Gasteiger partial charge is 0.356 e. The molecule has 0 saturated carbocycles. The summed E-state index contributed by atoms with van der Waals surface area (Å²) >= 11 is 6.16. The predicted molar refractivity (Wildman–Crippen MR) is 92.5 cm³/mol. The van der Waals surface area contributed by atoms with Gasteiger partial charge in [-0.1, -0.05) is 17.7 Å². The molecule has 4 rings (SSSR count). The van der Waals surface area contributed by atoms with Crippen molar-refractivity contribution >= 4 is 28.5 Å². The minimum atomic E-state index is 0.694. The normalized spacial score (nSPS) is 15.3. The van der Waals surface area contributed by atoms with Crippen molar-refractivity contribution in [2.24, 2.45) is 0 Å². The van der Waals surface area contributed by atoms with Gasteiger partial charge < -0.3 is 4.90 Å². The van der Waals surface area contributed by atoms with Crippen LogP contribution >= 0.6 is 11.6 Å². The zero-order valence-electron chi connectivity index (χ0n) is 13.0. The molecule has 0 bridgehead atoms. The van der Waals surface area contributed by atoms with Crippen molar-refractivity contribution in [1.29, 1.82) is 0 Å². The number of piperidine rings is 1. The van der Waals surface area contributed by atoms with Gasteiger partial charge in [-0.2, -0.15) is 5.10 Å². The Labute approximate surface area is 139 Å². The molecule has 3 aromatic rings. The Morgan fingerprint density at radius 1 is 1.09 bits per heavy atom. The van der Waals surface area contributed by atoms with E-state index in [2.05, 4.69) is 20.0 Å². The van der Waals surface area contributed by atoms with Gasteiger partial charge in [-0.15, -0.1) is 0 Å². The van der Waals surface area contributed by atoms with Gasteiger partial charge in [-0.25, -0.2) is 14.6 Å². The van der Waals surface area contributed by atoms with Crippen LogP contribution in [-0.4, -0.2) is 32.8 Å². The maximum atomic E-state index is 6.16. The summed E-state index contributed by atoms with van der Waals surface area (Å²) in [4.78, 5) is 11.3. The minimum absolute atomic E-state index is 0.694. The van der Waals surface area contributed by atoms with Crippen LogP contribution in [0.2, 0.25) is 5.02 Å². The summed E-state index contributed by atoms with van der Waals surface area (Å²) in [6, 6.07) is 5.81. The van der Waals surface area contributed by atoms with E-state index in [4.69, 9.17) is 11.6 Å². The summed E-state index contributed by atoms with van der Waals surface area (Å²) in [7, 11) is 0. The second kappa shape index (κ2) is 5.81. The van der Waals surface area contributed by atoms with Crippen LogP contribution in [0.25, 0.3) is 16.7 Å². The predicted octanol–water partition coefficient (Wildman–Crippen LogP) is 3.77. The molecule has 0 unspecified atom stereocenters. The first kappa shape index (κ1) is 14.5. The lowest BCUT2D eigenvalue weighted by molar-refractivity contribution is 0.574. The molecule has 3 heterocycles. The molecule has 23 heavy (non-hydrogen) atoms. The number of hydrogen-bond acceptors (Lipinski definition) is 4. The lowest BCUT2D eigenvalue weighted by Gasteiger charge is -2.27. The lowest BCUT2D eigenvalue weighted by Crippen LogP contribution is -2.30. The van der Waals surface area contributed by atoms with Crippen LogP contribution in [0.5, 0.6) is 0 Å². The molecule has 6 heteroatoms. The second-order valence-corrected chi connectivity index (χ2v) is 6.41. The molecule has 1 aliphatic rings. The van der Waals surface area contributed by atoms with Gasteiger partial charge in [0.05, 0.1) is 17.3 Å². The summed E-state index contributed by atoms with van der Waals surface area (Å²) in [5.74, 6) is 0.987. The Morgan fingerprint density at radius 2 is 1.91 bits per heavy atom. The molecule has 1 aromatic carbocycles. The smallest absolute Gasteiger partial charge is 0.168 e. The first-order valence-electron chi connectivity index (χ1n) is 7.94. The maximum absolute atomic E-state index is 6.16. The Hall–Kier alpha value is -2.14. The average molecular weight is 328 g/mol. The molecule has 5 nitrogen and oxygen atoms in total. The van der Waals surface area contributed by atoms with Gasteiger partial charge in [0.2, 0.25) is 0 Å². The maximum Gasteiger partial charge on any atom is 0.168 e. The third-order valence-electron chi connectivity index (χ3n) is 4.40. The molecule has 0 amide bonds. The number of fused-ring (bicyclic) bond motifs is 1. The van der Waals surface area contributed by atoms with Crippen LogP contribution in [-0.2, 0) is 0 Å². The van der Waals surface area contributed by atoms with E-state index >= 15 is 0 Å². The number of anilines is 1. The van der Waals surface area contributed by atoms with E-state index in [-0.39, 0.29) is 0 Å². The zero-order chi connectivity index (χ0) is 15.8. The fraction of sp³-hybridized carbons (Fsp3) is 0.353. The molecule has 0 radical (unpaired) electrons. The Kier molecular flexibility index (Phi) is 3.65. The van der Waals surface area contributed by atoms with E-state index < -0.39 is 0 Å².